The highest BCUT2D eigenvalue weighted by atomic mass is 35.5. The van der Waals surface area contributed by atoms with Gasteiger partial charge in [-0.3, -0.25) is 4.79 Å². The van der Waals surface area contributed by atoms with Gasteiger partial charge in [-0.1, -0.05) is 18.2 Å². The van der Waals surface area contributed by atoms with Gasteiger partial charge in [0.1, 0.15) is 6.04 Å². The first-order valence-corrected chi connectivity index (χ1v) is 5.74. The van der Waals surface area contributed by atoms with E-state index in [1.165, 1.54) is 4.42 Å². The van der Waals surface area contributed by atoms with Crippen LogP contribution in [0.2, 0.25) is 0 Å². The minimum Gasteiger partial charge on any atom is -0.480 e. The molecule has 5 heteroatoms. The summed E-state index contributed by atoms with van der Waals surface area (Å²) in [6.07, 6.45) is 0.443. The van der Waals surface area contributed by atoms with Crippen LogP contribution >= 0.6 is 11.8 Å². The summed E-state index contributed by atoms with van der Waals surface area (Å²) in [5.74, 6) is -0.879. The monoisotopic (exact) mass is 250 g/mol. The second-order valence-corrected chi connectivity index (χ2v) is 4.68. The normalized spacial score (nSPS) is 20.4. The molecule has 88 valence electrons. The lowest BCUT2D eigenvalue weighted by Crippen LogP contribution is -2.39. The van der Waals surface area contributed by atoms with Crippen LogP contribution in [0.5, 0.6) is 0 Å². The predicted molar refractivity (Wildman–Crippen MR) is 64.8 cm³/mol. The van der Waals surface area contributed by atoms with Gasteiger partial charge in [0.05, 0.1) is 6.54 Å². The minimum atomic E-state index is -0.879. The number of hydrogen-bond acceptors (Lipinski definition) is 2. The van der Waals surface area contributed by atoms with Gasteiger partial charge in [0.15, 0.2) is 0 Å². The topological polar surface area (TPSA) is 56.3 Å². The lowest BCUT2D eigenvalue weighted by atomic mass is 9.99. The van der Waals surface area contributed by atoms with Crippen LogP contribution in [0, 0.1) is 0 Å². The number of rotatable bonds is 1. The molecule has 0 saturated heterocycles. The van der Waals surface area contributed by atoms with Gasteiger partial charge in [0, 0.05) is 23.0 Å². The number of halogens is 1. The molecule has 2 N–H and O–H groups in total. The smallest absolute Gasteiger partial charge is 0.322 e. The highest BCUT2D eigenvalue weighted by molar-refractivity contribution is 6.15. The maximum Gasteiger partial charge on any atom is 0.322 e. The predicted octanol–water partition coefficient (Wildman–Crippen LogP) is 2.13. The quantitative estimate of drug-likeness (QED) is 0.763. The van der Waals surface area contributed by atoms with Crippen LogP contribution in [0.4, 0.5) is 0 Å². The van der Waals surface area contributed by atoms with E-state index in [-0.39, 0.29) is 0 Å². The van der Waals surface area contributed by atoms with Crippen molar-refractivity contribution < 1.29 is 9.90 Å². The lowest BCUT2D eigenvalue weighted by molar-refractivity contribution is -0.141. The Bertz CT molecular complexity index is 593. The molecule has 3 rings (SSSR count). The van der Waals surface area contributed by atoms with Gasteiger partial charge in [-0.2, -0.15) is 4.42 Å². The average Bonchev–Trinajstić information content (AvgIpc) is 2.64. The highest BCUT2D eigenvalue weighted by Gasteiger charge is 2.32. The van der Waals surface area contributed by atoms with E-state index in [4.69, 9.17) is 16.9 Å². The maximum atomic E-state index is 11.1. The van der Waals surface area contributed by atoms with E-state index in [0.29, 0.717) is 13.0 Å². The summed E-state index contributed by atoms with van der Waals surface area (Å²) in [7, 11) is 0. The molecular weight excluding hydrogens is 240 g/mol. The summed E-state index contributed by atoms with van der Waals surface area (Å²) >= 11 is 5.97. The number of benzene rings is 1. The van der Waals surface area contributed by atoms with Crippen LogP contribution in [-0.2, 0) is 17.8 Å². The van der Waals surface area contributed by atoms with Crippen molar-refractivity contribution in [2.45, 2.75) is 19.0 Å². The molecule has 0 aliphatic carbocycles. The molecule has 1 aliphatic heterocycles. The number of para-hydroxylation sites is 1. The first-order chi connectivity index (χ1) is 8.16. The Morgan fingerprint density at radius 2 is 2.24 bits per heavy atom. The molecule has 0 radical (unpaired) electrons. The second-order valence-electron chi connectivity index (χ2n) is 4.24. The molecule has 0 saturated carbocycles. The number of H-pyrrole nitrogens is 1. The Labute approximate surface area is 103 Å². The third-order valence-corrected chi connectivity index (χ3v) is 3.59. The van der Waals surface area contributed by atoms with Crippen molar-refractivity contribution in [1.29, 1.82) is 0 Å². The van der Waals surface area contributed by atoms with Gasteiger partial charge in [-0.25, -0.2) is 0 Å². The third-order valence-electron chi connectivity index (χ3n) is 3.23. The molecule has 1 aliphatic rings. The third kappa shape index (κ3) is 1.61. The van der Waals surface area contributed by atoms with Crippen molar-refractivity contribution in [2.75, 3.05) is 0 Å². The molecule has 0 amide bonds. The van der Waals surface area contributed by atoms with E-state index < -0.39 is 12.0 Å². The first kappa shape index (κ1) is 10.6. The van der Waals surface area contributed by atoms with Gasteiger partial charge in [0.25, 0.3) is 0 Å². The number of carbonyl (C=O) groups is 1. The highest BCUT2D eigenvalue weighted by Crippen LogP contribution is 2.30. The fourth-order valence-corrected chi connectivity index (χ4v) is 2.66. The van der Waals surface area contributed by atoms with Crippen molar-refractivity contribution in [3.05, 3.63) is 35.5 Å². The van der Waals surface area contributed by atoms with Crippen LogP contribution in [0.3, 0.4) is 0 Å². The average molecular weight is 251 g/mol. The number of aromatic amines is 1. The van der Waals surface area contributed by atoms with Crippen LogP contribution in [0.15, 0.2) is 24.3 Å². The molecule has 0 fully saturated rings. The Hall–Kier alpha value is -1.52. The molecule has 0 unspecified atom stereocenters. The Kier molecular flexibility index (Phi) is 2.34. The van der Waals surface area contributed by atoms with Crippen molar-refractivity contribution in [3.8, 4) is 0 Å². The number of aliphatic carboxylic acids is 1. The fraction of sp³-hybridized carbons (Fsp3) is 0.250. The molecular formula is C12H11ClN2O2. The second kappa shape index (κ2) is 3.75. The van der Waals surface area contributed by atoms with Crippen LogP contribution in [0.25, 0.3) is 10.9 Å². The Morgan fingerprint density at radius 1 is 1.47 bits per heavy atom. The number of nitrogens with zero attached hydrogens (tertiary/aromatic N) is 1. The molecule has 0 spiro atoms. The molecule has 2 aromatic rings. The van der Waals surface area contributed by atoms with Crippen LogP contribution < -0.4 is 0 Å². The maximum absolute atomic E-state index is 11.1. The van der Waals surface area contributed by atoms with Crippen LogP contribution in [0.1, 0.15) is 11.3 Å². The zero-order valence-corrected chi connectivity index (χ0v) is 9.74. The van der Waals surface area contributed by atoms with Crippen molar-refractivity contribution >= 4 is 28.6 Å². The van der Waals surface area contributed by atoms with Crippen LogP contribution in [-0.4, -0.2) is 26.5 Å². The van der Waals surface area contributed by atoms with Gasteiger partial charge >= 0.3 is 5.97 Å². The summed E-state index contributed by atoms with van der Waals surface area (Å²) in [5, 5.41) is 10.2. The van der Waals surface area contributed by atoms with E-state index in [0.717, 1.165) is 22.2 Å². The van der Waals surface area contributed by atoms with E-state index in [2.05, 4.69) is 4.98 Å². The Morgan fingerprint density at radius 3 is 3.00 bits per heavy atom. The molecule has 2 heterocycles. The number of fused-ring (bicyclic) bond motifs is 3. The molecule has 1 atom stereocenters. The summed E-state index contributed by atoms with van der Waals surface area (Å²) < 4.78 is 1.35. The summed E-state index contributed by atoms with van der Waals surface area (Å²) in [6.45, 7) is 0.433. The summed E-state index contributed by atoms with van der Waals surface area (Å²) in [6, 6.07) is 7.26. The largest absolute Gasteiger partial charge is 0.480 e. The van der Waals surface area contributed by atoms with E-state index in [1.807, 2.05) is 24.3 Å². The minimum absolute atomic E-state index is 0.433. The van der Waals surface area contributed by atoms with E-state index in [9.17, 15) is 4.79 Å². The van der Waals surface area contributed by atoms with Crippen molar-refractivity contribution in [1.82, 2.24) is 9.40 Å². The molecule has 4 nitrogen and oxygen atoms in total. The van der Waals surface area contributed by atoms with E-state index >= 15 is 0 Å². The molecule has 17 heavy (non-hydrogen) atoms. The van der Waals surface area contributed by atoms with Gasteiger partial charge in [0.2, 0.25) is 0 Å². The van der Waals surface area contributed by atoms with Gasteiger partial charge in [-0.05, 0) is 23.4 Å². The summed E-state index contributed by atoms with van der Waals surface area (Å²) in [4.78, 5) is 14.4. The zero-order valence-electron chi connectivity index (χ0n) is 8.98. The molecule has 1 aromatic heterocycles. The van der Waals surface area contributed by atoms with Crippen molar-refractivity contribution in [2.24, 2.45) is 0 Å². The summed E-state index contributed by atoms with van der Waals surface area (Å²) in [5.41, 5.74) is 3.12. The SMILES string of the molecule is O=C(O)[C@@H]1Cc2c([nH]c3ccccc23)CN1Cl. The van der Waals surface area contributed by atoms with Gasteiger partial charge in [-0.15, -0.1) is 0 Å². The standard InChI is InChI=1S/C12H11ClN2O2/c13-15-6-10-8(5-11(15)12(16)17)7-3-1-2-4-9(7)14-10/h1-4,11,14H,5-6H2,(H,16,17)/t11-/m0/s1. The molecule has 0 bridgehead atoms. The first-order valence-electron chi connectivity index (χ1n) is 5.40. The number of nitrogens with one attached hydrogen (secondary N) is 1. The number of hydrogen-bond donors (Lipinski definition) is 2. The zero-order chi connectivity index (χ0) is 12.0. The number of carboxylic acids is 1. The fourth-order valence-electron chi connectivity index (χ4n) is 2.38. The van der Waals surface area contributed by atoms with E-state index in [1.54, 1.807) is 0 Å². The lowest BCUT2D eigenvalue weighted by Gasteiger charge is -2.26. The molecule has 1 aromatic carbocycles. The number of carboxylic acid groups (broad SMARTS) is 1. The van der Waals surface area contributed by atoms with Gasteiger partial charge < -0.3 is 10.1 Å². The van der Waals surface area contributed by atoms with Crippen molar-refractivity contribution in [3.63, 3.8) is 0 Å². The number of aromatic nitrogens is 1. The Balaban J connectivity index is 2.13.